The van der Waals surface area contributed by atoms with Crippen molar-refractivity contribution in [2.45, 2.75) is 12.8 Å². The first-order valence-corrected chi connectivity index (χ1v) is 9.80. The minimum Gasteiger partial charge on any atom is -0.492 e. The summed E-state index contributed by atoms with van der Waals surface area (Å²) in [4.78, 5) is 24.3. The van der Waals surface area contributed by atoms with Gasteiger partial charge in [-0.2, -0.15) is 0 Å². The maximum absolute atomic E-state index is 11.8. The summed E-state index contributed by atoms with van der Waals surface area (Å²) in [5.74, 6) is 0.663. The van der Waals surface area contributed by atoms with Crippen LogP contribution in [-0.2, 0) is 4.79 Å². The van der Waals surface area contributed by atoms with Gasteiger partial charge in [-0.25, -0.2) is 0 Å². The van der Waals surface area contributed by atoms with Crippen molar-refractivity contribution in [1.82, 2.24) is 10.6 Å². The van der Waals surface area contributed by atoms with Gasteiger partial charge in [-0.1, -0.05) is 36.4 Å². The molecule has 0 atom stereocenters. The van der Waals surface area contributed by atoms with Crippen LogP contribution in [0.2, 0.25) is 0 Å². The lowest BCUT2D eigenvalue weighted by atomic mass is 10.1. The Balaban J connectivity index is 1.28. The zero-order chi connectivity index (χ0) is 18.9. The molecule has 2 amide bonds. The molecule has 3 aromatic rings. The van der Waals surface area contributed by atoms with Gasteiger partial charge in [-0.3, -0.25) is 9.59 Å². The van der Waals surface area contributed by atoms with Gasteiger partial charge in [0, 0.05) is 13.0 Å². The number of nitrogens with one attached hydrogen (secondary N) is 2. The van der Waals surface area contributed by atoms with Crippen molar-refractivity contribution in [3.05, 3.63) is 64.9 Å². The van der Waals surface area contributed by atoms with Crippen molar-refractivity contribution in [2.75, 3.05) is 19.7 Å². The summed E-state index contributed by atoms with van der Waals surface area (Å²) in [5.41, 5.74) is 0. The van der Waals surface area contributed by atoms with E-state index in [2.05, 4.69) is 16.7 Å². The topological polar surface area (TPSA) is 67.4 Å². The molecule has 1 heterocycles. The largest absolute Gasteiger partial charge is 0.492 e. The molecule has 0 aliphatic carbocycles. The highest BCUT2D eigenvalue weighted by Crippen LogP contribution is 2.20. The van der Waals surface area contributed by atoms with Crippen LogP contribution in [0.4, 0.5) is 0 Å². The number of fused-ring (bicyclic) bond motifs is 1. The van der Waals surface area contributed by atoms with Gasteiger partial charge in [-0.05, 0) is 40.8 Å². The third-order valence-corrected chi connectivity index (χ3v) is 4.89. The summed E-state index contributed by atoms with van der Waals surface area (Å²) < 4.78 is 5.69. The second kappa shape index (κ2) is 9.73. The first kappa shape index (κ1) is 18.9. The Morgan fingerprint density at radius 2 is 1.78 bits per heavy atom. The average molecular weight is 382 g/mol. The summed E-state index contributed by atoms with van der Waals surface area (Å²) in [6.07, 6.45) is 0.981. The monoisotopic (exact) mass is 382 g/mol. The SMILES string of the molecule is O=C(CCCNC(=O)c1cccs1)NCCOc1ccc2ccccc2c1. The molecule has 0 saturated carbocycles. The quantitative estimate of drug-likeness (QED) is 0.556. The second-order valence-corrected chi connectivity index (χ2v) is 6.99. The Kier molecular flexibility index (Phi) is 6.82. The van der Waals surface area contributed by atoms with Gasteiger partial charge in [0.1, 0.15) is 12.4 Å². The molecule has 2 N–H and O–H groups in total. The van der Waals surface area contributed by atoms with Crippen LogP contribution in [0.5, 0.6) is 5.75 Å². The Labute approximate surface area is 162 Å². The Morgan fingerprint density at radius 1 is 0.926 bits per heavy atom. The molecule has 0 bridgehead atoms. The number of ether oxygens (including phenoxy) is 1. The number of carbonyl (C=O) groups is 2. The number of rotatable bonds is 9. The molecule has 3 rings (SSSR count). The van der Waals surface area contributed by atoms with E-state index in [0.29, 0.717) is 37.4 Å². The first-order chi connectivity index (χ1) is 13.2. The Bertz CT molecular complexity index is 893. The predicted octanol–water partition coefficient (Wildman–Crippen LogP) is 3.61. The van der Waals surface area contributed by atoms with Crippen molar-refractivity contribution in [3.63, 3.8) is 0 Å². The Hall–Kier alpha value is -2.86. The van der Waals surface area contributed by atoms with Crippen LogP contribution in [0.25, 0.3) is 10.8 Å². The predicted molar refractivity (Wildman–Crippen MR) is 108 cm³/mol. The van der Waals surface area contributed by atoms with Crippen molar-refractivity contribution in [1.29, 1.82) is 0 Å². The minimum absolute atomic E-state index is 0.0394. The molecule has 5 nitrogen and oxygen atoms in total. The molecule has 2 aromatic carbocycles. The zero-order valence-electron chi connectivity index (χ0n) is 14.9. The number of carbonyl (C=O) groups excluding carboxylic acids is 2. The molecule has 0 unspecified atom stereocenters. The summed E-state index contributed by atoms with van der Waals surface area (Å²) in [6.45, 7) is 1.35. The van der Waals surface area contributed by atoms with Gasteiger partial charge in [0.25, 0.3) is 5.91 Å². The summed E-state index contributed by atoms with van der Waals surface area (Å²) >= 11 is 1.40. The molecule has 0 saturated heterocycles. The fourth-order valence-corrected chi connectivity index (χ4v) is 3.29. The van der Waals surface area contributed by atoms with Crippen LogP contribution >= 0.6 is 11.3 Å². The van der Waals surface area contributed by atoms with Crippen molar-refractivity contribution < 1.29 is 14.3 Å². The fraction of sp³-hybridized carbons (Fsp3) is 0.238. The number of benzene rings is 2. The van der Waals surface area contributed by atoms with Gasteiger partial charge in [0.05, 0.1) is 11.4 Å². The molecular formula is C21H22N2O3S. The minimum atomic E-state index is -0.0887. The van der Waals surface area contributed by atoms with Gasteiger partial charge in [0.15, 0.2) is 0 Å². The van der Waals surface area contributed by atoms with Gasteiger partial charge >= 0.3 is 0 Å². The van der Waals surface area contributed by atoms with Gasteiger partial charge < -0.3 is 15.4 Å². The van der Waals surface area contributed by atoms with Crippen molar-refractivity contribution >= 4 is 33.9 Å². The van der Waals surface area contributed by atoms with E-state index in [1.165, 1.54) is 16.7 Å². The number of hydrogen-bond donors (Lipinski definition) is 2. The fourth-order valence-electron chi connectivity index (χ4n) is 2.65. The van der Waals surface area contributed by atoms with Gasteiger partial charge in [0.2, 0.25) is 5.91 Å². The van der Waals surface area contributed by atoms with E-state index in [0.717, 1.165) is 11.1 Å². The molecule has 0 radical (unpaired) electrons. The summed E-state index contributed by atoms with van der Waals surface area (Å²) in [5, 5.41) is 9.80. The lowest BCUT2D eigenvalue weighted by molar-refractivity contribution is -0.121. The van der Waals surface area contributed by atoms with E-state index in [9.17, 15) is 9.59 Å². The standard InChI is InChI=1S/C21H22N2O3S/c24-20(8-3-11-23-21(25)19-7-4-14-27-19)22-12-13-26-18-10-9-16-5-1-2-6-17(16)15-18/h1-2,4-7,9-10,14-15H,3,8,11-13H2,(H,22,24)(H,23,25). The number of thiophene rings is 1. The molecule has 140 valence electrons. The third-order valence-electron chi connectivity index (χ3n) is 4.03. The van der Waals surface area contributed by atoms with Crippen LogP contribution in [0.1, 0.15) is 22.5 Å². The van der Waals surface area contributed by atoms with Crippen LogP contribution < -0.4 is 15.4 Å². The van der Waals surface area contributed by atoms with E-state index in [1.807, 2.05) is 47.8 Å². The third kappa shape index (κ3) is 5.82. The van der Waals surface area contributed by atoms with E-state index in [-0.39, 0.29) is 11.8 Å². The summed E-state index contributed by atoms with van der Waals surface area (Å²) in [7, 11) is 0. The number of amides is 2. The van der Waals surface area contributed by atoms with E-state index < -0.39 is 0 Å². The number of hydrogen-bond acceptors (Lipinski definition) is 4. The first-order valence-electron chi connectivity index (χ1n) is 8.92. The lowest BCUT2D eigenvalue weighted by Crippen LogP contribution is -2.29. The van der Waals surface area contributed by atoms with Crippen LogP contribution in [0.15, 0.2) is 60.0 Å². The van der Waals surface area contributed by atoms with Gasteiger partial charge in [-0.15, -0.1) is 11.3 Å². The normalized spacial score (nSPS) is 10.5. The van der Waals surface area contributed by atoms with E-state index in [4.69, 9.17) is 4.74 Å². The van der Waals surface area contributed by atoms with Crippen LogP contribution in [-0.4, -0.2) is 31.5 Å². The van der Waals surface area contributed by atoms with Crippen LogP contribution in [0.3, 0.4) is 0 Å². The highest BCUT2D eigenvalue weighted by atomic mass is 32.1. The van der Waals surface area contributed by atoms with Crippen molar-refractivity contribution in [3.8, 4) is 5.75 Å². The maximum Gasteiger partial charge on any atom is 0.261 e. The molecule has 0 fully saturated rings. The summed E-state index contributed by atoms with van der Waals surface area (Å²) in [6, 6.07) is 17.7. The molecular weight excluding hydrogens is 360 g/mol. The molecule has 0 aliphatic heterocycles. The molecule has 0 aliphatic rings. The van der Waals surface area contributed by atoms with Crippen LogP contribution in [0, 0.1) is 0 Å². The second-order valence-electron chi connectivity index (χ2n) is 6.04. The zero-order valence-corrected chi connectivity index (χ0v) is 15.8. The van der Waals surface area contributed by atoms with Crippen molar-refractivity contribution in [2.24, 2.45) is 0 Å². The molecule has 1 aromatic heterocycles. The highest BCUT2D eigenvalue weighted by Gasteiger charge is 2.06. The van der Waals surface area contributed by atoms with E-state index in [1.54, 1.807) is 6.07 Å². The maximum atomic E-state index is 11.8. The molecule has 27 heavy (non-hydrogen) atoms. The lowest BCUT2D eigenvalue weighted by Gasteiger charge is -2.09. The highest BCUT2D eigenvalue weighted by molar-refractivity contribution is 7.12. The Morgan fingerprint density at radius 3 is 2.59 bits per heavy atom. The molecule has 6 heteroatoms. The van der Waals surface area contributed by atoms with E-state index >= 15 is 0 Å². The average Bonchev–Trinajstić information content (AvgIpc) is 3.23. The molecule has 0 spiro atoms. The smallest absolute Gasteiger partial charge is 0.261 e.